The Bertz CT molecular complexity index is 1100. The van der Waals surface area contributed by atoms with Gasteiger partial charge in [0.1, 0.15) is 5.82 Å². The lowest BCUT2D eigenvalue weighted by atomic mass is 10.0. The molecule has 0 atom stereocenters. The largest absolute Gasteiger partial charge is 0.307 e. The molecule has 0 aliphatic heterocycles. The normalized spacial score (nSPS) is 10.7. The third-order valence-electron chi connectivity index (χ3n) is 4.02. The van der Waals surface area contributed by atoms with Crippen molar-refractivity contribution in [3.8, 4) is 11.3 Å². The van der Waals surface area contributed by atoms with Gasteiger partial charge in [-0.1, -0.05) is 54.1 Å². The molecule has 0 radical (unpaired) electrons. The Kier molecular flexibility index (Phi) is 4.33. The van der Waals surface area contributed by atoms with Crippen molar-refractivity contribution in [2.75, 3.05) is 5.32 Å². The summed E-state index contributed by atoms with van der Waals surface area (Å²) in [5.41, 5.74) is 2.69. The molecule has 1 N–H and O–H groups in total. The van der Waals surface area contributed by atoms with Gasteiger partial charge in [0.2, 0.25) is 0 Å². The van der Waals surface area contributed by atoms with Crippen LogP contribution in [-0.4, -0.2) is 15.9 Å². The second-order valence-electron chi connectivity index (χ2n) is 5.72. The molecular weight excluding hydrogens is 346 g/mol. The molecule has 26 heavy (non-hydrogen) atoms. The summed E-state index contributed by atoms with van der Waals surface area (Å²) in [6, 6.07) is 22.1. The van der Waals surface area contributed by atoms with E-state index in [4.69, 9.17) is 11.6 Å². The third kappa shape index (κ3) is 3.15. The van der Waals surface area contributed by atoms with Gasteiger partial charge < -0.3 is 5.32 Å². The van der Waals surface area contributed by atoms with E-state index in [1.165, 1.54) is 0 Å². The fraction of sp³-hybridized carbons (Fsp3) is 0. The van der Waals surface area contributed by atoms with Crippen molar-refractivity contribution in [3.05, 3.63) is 89.6 Å². The Balaban J connectivity index is 1.85. The Labute approximate surface area is 155 Å². The Morgan fingerprint density at radius 1 is 0.923 bits per heavy atom. The smallest absolute Gasteiger partial charge is 0.257 e. The fourth-order valence-corrected chi connectivity index (χ4v) is 3.02. The number of halogens is 1. The number of rotatable bonds is 3. The Hall–Kier alpha value is -3.24. The van der Waals surface area contributed by atoms with E-state index in [1.54, 1.807) is 30.5 Å². The number of carbonyl (C=O) groups is 1. The number of amides is 1. The molecule has 0 saturated heterocycles. The number of pyridine rings is 2. The van der Waals surface area contributed by atoms with Crippen molar-refractivity contribution < 1.29 is 4.79 Å². The lowest BCUT2D eigenvalue weighted by molar-refractivity contribution is 0.102. The van der Waals surface area contributed by atoms with Gasteiger partial charge in [-0.2, -0.15) is 0 Å². The van der Waals surface area contributed by atoms with Crippen molar-refractivity contribution in [1.29, 1.82) is 0 Å². The maximum Gasteiger partial charge on any atom is 0.257 e. The summed E-state index contributed by atoms with van der Waals surface area (Å²) < 4.78 is 0. The molecular formula is C21H14ClN3O. The molecule has 0 spiro atoms. The van der Waals surface area contributed by atoms with Gasteiger partial charge in [-0.05, 0) is 30.3 Å². The number of hydrogen-bond acceptors (Lipinski definition) is 3. The molecule has 5 heteroatoms. The Morgan fingerprint density at radius 3 is 2.50 bits per heavy atom. The van der Waals surface area contributed by atoms with E-state index >= 15 is 0 Å². The van der Waals surface area contributed by atoms with Gasteiger partial charge in [-0.3, -0.25) is 4.79 Å². The minimum atomic E-state index is -0.240. The molecule has 4 aromatic rings. The second kappa shape index (κ2) is 6.94. The number of carbonyl (C=O) groups excluding carboxylic acids is 1. The molecule has 2 heterocycles. The number of nitrogens with zero attached hydrogens (tertiary/aromatic N) is 2. The summed E-state index contributed by atoms with van der Waals surface area (Å²) in [7, 11) is 0. The van der Waals surface area contributed by atoms with Gasteiger partial charge in [0, 0.05) is 22.2 Å². The van der Waals surface area contributed by atoms with Gasteiger partial charge in [0.25, 0.3) is 5.91 Å². The van der Waals surface area contributed by atoms with E-state index in [9.17, 15) is 4.79 Å². The molecule has 2 aromatic heterocycles. The minimum Gasteiger partial charge on any atom is -0.307 e. The van der Waals surface area contributed by atoms with Crippen LogP contribution in [0.5, 0.6) is 0 Å². The molecule has 126 valence electrons. The maximum absolute atomic E-state index is 12.9. The molecule has 0 saturated carbocycles. The molecule has 1 amide bonds. The predicted molar refractivity (Wildman–Crippen MR) is 104 cm³/mol. The molecule has 2 aromatic carbocycles. The average molecular weight is 360 g/mol. The first kappa shape index (κ1) is 16.2. The van der Waals surface area contributed by atoms with Crippen LogP contribution in [0.1, 0.15) is 10.4 Å². The number of fused-ring (bicyclic) bond motifs is 1. The summed E-state index contributed by atoms with van der Waals surface area (Å²) in [6.45, 7) is 0. The van der Waals surface area contributed by atoms with Crippen LogP contribution in [0.4, 0.5) is 5.82 Å². The van der Waals surface area contributed by atoms with E-state index in [0.29, 0.717) is 22.1 Å². The number of aromatic nitrogens is 2. The second-order valence-corrected chi connectivity index (χ2v) is 6.13. The summed E-state index contributed by atoms with van der Waals surface area (Å²) in [5.74, 6) is 0.258. The quantitative estimate of drug-likeness (QED) is 0.546. The van der Waals surface area contributed by atoms with Crippen molar-refractivity contribution in [2.24, 2.45) is 0 Å². The number of benzene rings is 2. The van der Waals surface area contributed by atoms with Crippen LogP contribution in [0.15, 0.2) is 79.0 Å². The lowest BCUT2D eigenvalue weighted by Crippen LogP contribution is -2.14. The molecule has 4 rings (SSSR count). The lowest BCUT2D eigenvalue weighted by Gasteiger charge is -2.11. The zero-order valence-corrected chi connectivity index (χ0v) is 14.4. The van der Waals surface area contributed by atoms with E-state index in [2.05, 4.69) is 15.3 Å². The highest BCUT2D eigenvalue weighted by atomic mass is 35.5. The highest BCUT2D eigenvalue weighted by Crippen LogP contribution is 2.30. The van der Waals surface area contributed by atoms with Crippen LogP contribution in [0, 0.1) is 0 Å². The zero-order chi connectivity index (χ0) is 17.9. The predicted octanol–water partition coefficient (Wildman–Crippen LogP) is 5.20. The molecule has 0 bridgehead atoms. The molecule has 0 aliphatic rings. The first-order chi connectivity index (χ1) is 12.7. The maximum atomic E-state index is 12.9. The highest BCUT2D eigenvalue weighted by Gasteiger charge is 2.15. The topological polar surface area (TPSA) is 54.9 Å². The van der Waals surface area contributed by atoms with Gasteiger partial charge in [-0.15, -0.1) is 0 Å². The van der Waals surface area contributed by atoms with Crippen LogP contribution in [-0.2, 0) is 0 Å². The van der Waals surface area contributed by atoms with Crippen molar-refractivity contribution in [1.82, 2.24) is 9.97 Å². The summed E-state index contributed by atoms with van der Waals surface area (Å²) in [6.07, 6.45) is 1.63. The van der Waals surface area contributed by atoms with Crippen LogP contribution in [0.2, 0.25) is 5.02 Å². The van der Waals surface area contributed by atoms with E-state index in [-0.39, 0.29) is 5.91 Å². The van der Waals surface area contributed by atoms with Crippen molar-refractivity contribution in [2.45, 2.75) is 0 Å². The van der Waals surface area contributed by atoms with Crippen LogP contribution in [0.25, 0.3) is 22.2 Å². The number of para-hydroxylation sites is 1. The monoisotopic (exact) mass is 359 g/mol. The summed E-state index contributed by atoms with van der Waals surface area (Å²) in [4.78, 5) is 21.7. The first-order valence-corrected chi connectivity index (χ1v) is 8.47. The van der Waals surface area contributed by atoms with Crippen LogP contribution in [0.3, 0.4) is 0 Å². The van der Waals surface area contributed by atoms with Gasteiger partial charge in [0.15, 0.2) is 0 Å². The standard InChI is InChI=1S/C21H14ClN3O/c22-17-9-3-1-8-15(17)19-13-16(14-7-2-4-10-18(14)24-19)21(26)25-20-11-5-6-12-23-20/h1-13H,(H,23,25,26). The van der Waals surface area contributed by atoms with Gasteiger partial charge in [0.05, 0.1) is 16.8 Å². The molecule has 4 nitrogen and oxygen atoms in total. The first-order valence-electron chi connectivity index (χ1n) is 8.09. The van der Waals surface area contributed by atoms with E-state index in [0.717, 1.165) is 16.5 Å². The number of hydrogen-bond donors (Lipinski definition) is 1. The molecule has 0 unspecified atom stereocenters. The van der Waals surface area contributed by atoms with Gasteiger partial charge in [-0.25, -0.2) is 9.97 Å². The zero-order valence-electron chi connectivity index (χ0n) is 13.7. The van der Waals surface area contributed by atoms with Gasteiger partial charge >= 0.3 is 0 Å². The number of anilines is 1. The fourth-order valence-electron chi connectivity index (χ4n) is 2.79. The minimum absolute atomic E-state index is 0.240. The molecule has 0 fully saturated rings. The van der Waals surface area contributed by atoms with E-state index < -0.39 is 0 Å². The molecule has 0 aliphatic carbocycles. The summed E-state index contributed by atoms with van der Waals surface area (Å²) in [5, 5.41) is 4.20. The third-order valence-corrected chi connectivity index (χ3v) is 4.35. The Morgan fingerprint density at radius 2 is 1.69 bits per heavy atom. The van der Waals surface area contributed by atoms with E-state index in [1.807, 2.05) is 48.5 Å². The SMILES string of the molecule is O=C(Nc1ccccn1)c1cc(-c2ccccc2Cl)nc2ccccc12. The van der Waals surface area contributed by atoms with Crippen molar-refractivity contribution in [3.63, 3.8) is 0 Å². The average Bonchev–Trinajstić information content (AvgIpc) is 2.68. The number of nitrogens with one attached hydrogen (secondary N) is 1. The van der Waals surface area contributed by atoms with Crippen LogP contribution < -0.4 is 5.32 Å². The van der Waals surface area contributed by atoms with Crippen molar-refractivity contribution >= 4 is 34.2 Å². The van der Waals surface area contributed by atoms with Crippen LogP contribution >= 0.6 is 11.6 Å². The highest BCUT2D eigenvalue weighted by molar-refractivity contribution is 6.33. The summed E-state index contributed by atoms with van der Waals surface area (Å²) >= 11 is 6.32.